The van der Waals surface area contributed by atoms with Gasteiger partial charge < -0.3 is 108 Å². The number of imidazole rings is 1. The van der Waals surface area contributed by atoms with E-state index in [1.807, 2.05) is 0 Å². The van der Waals surface area contributed by atoms with Crippen LogP contribution in [0.15, 0.2) is 55.0 Å². The summed E-state index contributed by atoms with van der Waals surface area (Å²) in [7, 11) is 1.39. The van der Waals surface area contributed by atoms with Gasteiger partial charge in [-0.15, -0.1) is 0 Å². The molecule has 16 atom stereocenters. The number of halogens is 1. The quantitative estimate of drug-likeness (QED) is 0.0348. The summed E-state index contributed by atoms with van der Waals surface area (Å²) in [6.45, 7) is 0.532. The molecule has 0 unspecified atom stereocenters. The van der Waals surface area contributed by atoms with Gasteiger partial charge in [-0.3, -0.25) is 18.8 Å². The number of hydrogen-bond acceptors (Lipinski definition) is 23. The fourth-order valence-corrected chi connectivity index (χ4v) is 9.03. The van der Waals surface area contributed by atoms with E-state index in [0.717, 1.165) is 0 Å². The van der Waals surface area contributed by atoms with Gasteiger partial charge in [0.2, 0.25) is 11.8 Å². The molecule has 2 aromatic heterocycles. The van der Waals surface area contributed by atoms with Crippen molar-refractivity contribution in [2.45, 2.75) is 118 Å². The third-order valence-corrected chi connectivity index (χ3v) is 13.2. The van der Waals surface area contributed by atoms with E-state index in [0.29, 0.717) is 39.5 Å². The van der Waals surface area contributed by atoms with E-state index >= 15 is 0 Å². The number of fused-ring (bicyclic) bond motifs is 1. The molecule has 4 heterocycles. The standard InChI is InChI=1S/C47H66FN11O16/c1-20-13-22(57-42-43-56-17-27(59(43)11-9-53-42)21-3-6-29(70-2)24(48)14-21)4-5-23(20)44(68)54-10-12-71-19-32(61)55-18-31-34(62)33(52)36(64)46(73-31)75-41-26(58-45(69)28(60)7-8-49)15-25(51)40(39(41)67)74-47-38(66)37(65)35(63)30(16-50)72-47/h3-6,9,11,13-14,17,25-26,28,30-31,33-41,46-47,60,62-67H,7-8,10,12,15-16,18-19,49-52H2,1-2H3,(H,53,57)(H,54,68)(H,55,61)(H,58,69)/t25-,26+,28-,30+,31+,33-,34+,35+,36+,37-,38+,39-,40+,41-,46+,47+/m0/s1. The summed E-state index contributed by atoms with van der Waals surface area (Å²) in [5.74, 6) is -1.93. The lowest BCUT2D eigenvalue weighted by Crippen LogP contribution is -2.69. The molecule has 3 aliphatic rings. The molecule has 2 aliphatic heterocycles. The minimum absolute atomic E-state index is 0.0266. The number of aromatic nitrogens is 3. The lowest BCUT2D eigenvalue weighted by Gasteiger charge is -2.49. The summed E-state index contributed by atoms with van der Waals surface area (Å²) < 4.78 is 50.1. The van der Waals surface area contributed by atoms with Crippen LogP contribution in [0, 0.1) is 12.7 Å². The molecule has 2 saturated heterocycles. The van der Waals surface area contributed by atoms with Gasteiger partial charge in [-0.1, -0.05) is 0 Å². The van der Waals surface area contributed by atoms with Gasteiger partial charge in [-0.2, -0.15) is 0 Å². The number of methoxy groups -OCH3 is 1. The van der Waals surface area contributed by atoms with E-state index in [1.165, 1.54) is 19.2 Å². The summed E-state index contributed by atoms with van der Waals surface area (Å²) >= 11 is 0. The number of ether oxygens (including phenoxy) is 6. The molecule has 1 saturated carbocycles. The zero-order valence-electron chi connectivity index (χ0n) is 40.9. The van der Waals surface area contributed by atoms with Crippen LogP contribution < -0.4 is 48.9 Å². The SMILES string of the molecule is COc1ccc(-c2cnc3c(Nc4ccc(C(=O)NCCOCC(=O)NC[C@H]5O[C@H](O[C@@H]6[C@@H](O)[C@H](O[C@H]7O[C@H](CN)[C@@H](O)[C@H](O)[C@H]7O)[C@@H](N)C[C@H]6NC(=O)[C@@H](O)CCN)[C@H](O)[C@@H](N)[C@@H]5O)c(C)c4)nccn23)cc1F. The van der Waals surface area contributed by atoms with Crippen molar-refractivity contribution in [1.29, 1.82) is 0 Å². The van der Waals surface area contributed by atoms with Gasteiger partial charge in [-0.05, 0) is 68.3 Å². The topological polar surface area (TPSA) is 431 Å². The Labute approximate surface area is 428 Å². The maximum Gasteiger partial charge on any atom is 0.251 e. The molecule has 3 fully saturated rings. The second-order valence-corrected chi connectivity index (χ2v) is 18.4. The zero-order valence-corrected chi connectivity index (χ0v) is 40.9. The monoisotopic (exact) mass is 1060 g/mol. The number of anilines is 2. The highest BCUT2D eigenvalue weighted by Crippen LogP contribution is 2.33. The van der Waals surface area contributed by atoms with Crippen molar-refractivity contribution in [3.63, 3.8) is 0 Å². The molecule has 412 valence electrons. The molecule has 0 bridgehead atoms. The van der Waals surface area contributed by atoms with Gasteiger partial charge in [0.25, 0.3) is 5.91 Å². The van der Waals surface area contributed by atoms with Crippen LogP contribution in [0.3, 0.4) is 0 Å². The first-order valence-corrected chi connectivity index (χ1v) is 24.1. The third-order valence-electron chi connectivity index (χ3n) is 13.2. The lowest BCUT2D eigenvalue weighted by molar-refractivity contribution is -0.331. The van der Waals surface area contributed by atoms with E-state index in [1.54, 1.807) is 54.2 Å². The first-order valence-electron chi connectivity index (χ1n) is 24.1. The number of aliphatic hydroxyl groups excluding tert-OH is 7. The van der Waals surface area contributed by atoms with E-state index in [9.17, 15) is 54.5 Å². The number of carbonyl (C=O) groups excluding carboxylic acids is 3. The summed E-state index contributed by atoms with van der Waals surface area (Å²) in [5.41, 5.74) is 27.1. The average molecular weight is 1060 g/mol. The Hall–Kier alpha value is -5.64. The summed E-state index contributed by atoms with van der Waals surface area (Å²) in [6.07, 6.45) is -16.2. The minimum Gasteiger partial charge on any atom is -0.494 e. The number of nitrogens with two attached hydrogens (primary N) is 4. The number of aryl methyl sites for hydroxylation is 1. The molecule has 0 radical (unpaired) electrons. The Kier molecular flexibility index (Phi) is 19.4. The van der Waals surface area contributed by atoms with Crippen molar-refractivity contribution >= 4 is 34.9 Å². The van der Waals surface area contributed by atoms with Gasteiger partial charge in [0.15, 0.2) is 35.6 Å². The highest BCUT2D eigenvalue weighted by molar-refractivity contribution is 5.96. The van der Waals surface area contributed by atoms with Crippen LogP contribution in [0.2, 0.25) is 0 Å². The highest BCUT2D eigenvalue weighted by Gasteiger charge is 2.53. The number of nitrogens with zero attached hydrogens (tertiary/aromatic N) is 3. The molecule has 2 aromatic carbocycles. The Morgan fingerprint density at radius 1 is 0.893 bits per heavy atom. The van der Waals surface area contributed by atoms with Crippen molar-refractivity contribution < 1.29 is 82.9 Å². The molecule has 0 spiro atoms. The van der Waals surface area contributed by atoms with Gasteiger partial charge in [0.1, 0.15) is 67.6 Å². The summed E-state index contributed by atoms with van der Waals surface area (Å²) in [5, 5.41) is 86.6. The minimum atomic E-state index is -1.82. The number of nitrogens with one attached hydrogen (secondary N) is 4. The van der Waals surface area contributed by atoms with Crippen LogP contribution in [0.4, 0.5) is 15.9 Å². The largest absolute Gasteiger partial charge is 0.494 e. The van der Waals surface area contributed by atoms with Gasteiger partial charge >= 0.3 is 0 Å². The zero-order chi connectivity index (χ0) is 54.2. The second kappa shape index (κ2) is 25.5. The van der Waals surface area contributed by atoms with Gasteiger partial charge in [0.05, 0.1) is 43.8 Å². The maximum atomic E-state index is 14.5. The normalized spacial score (nSPS) is 30.3. The molecule has 28 heteroatoms. The number of amides is 3. The fraction of sp³-hybridized carbons (Fsp3) is 0.553. The second-order valence-electron chi connectivity index (χ2n) is 18.4. The van der Waals surface area contributed by atoms with Crippen molar-refractivity contribution in [3.8, 4) is 17.0 Å². The molecule has 1 aliphatic carbocycles. The Morgan fingerprint density at radius 3 is 2.33 bits per heavy atom. The van der Waals surface area contributed by atoms with Crippen LogP contribution in [0.5, 0.6) is 5.75 Å². The van der Waals surface area contributed by atoms with Crippen LogP contribution in [0.25, 0.3) is 16.9 Å². The van der Waals surface area contributed by atoms with E-state index in [-0.39, 0.29) is 51.4 Å². The summed E-state index contributed by atoms with van der Waals surface area (Å²) in [4.78, 5) is 47.9. The van der Waals surface area contributed by atoms with Gasteiger partial charge in [-0.25, -0.2) is 14.4 Å². The van der Waals surface area contributed by atoms with E-state index in [2.05, 4.69) is 31.2 Å². The first-order chi connectivity index (χ1) is 35.8. The third kappa shape index (κ3) is 13.1. The Balaban J connectivity index is 0.899. The van der Waals surface area contributed by atoms with Crippen LogP contribution in [-0.2, 0) is 33.3 Å². The number of aliphatic hydroxyl groups is 7. The average Bonchev–Trinajstić information content (AvgIpc) is 3.83. The van der Waals surface area contributed by atoms with Crippen molar-refractivity contribution in [2.24, 2.45) is 22.9 Å². The van der Waals surface area contributed by atoms with Crippen LogP contribution >= 0.6 is 0 Å². The lowest BCUT2D eigenvalue weighted by atomic mass is 9.83. The summed E-state index contributed by atoms with van der Waals surface area (Å²) in [6, 6.07) is 5.92. The smallest absolute Gasteiger partial charge is 0.251 e. The van der Waals surface area contributed by atoms with E-state index < -0.39 is 128 Å². The molecule has 75 heavy (non-hydrogen) atoms. The number of rotatable bonds is 21. The Bertz CT molecular complexity index is 2590. The van der Waals surface area contributed by atoms with Crippen LogP contribution in [0.1, 0.15) is 28.8 Å². The predicted octanol–water partition coefficient (Wildman–Crippen LogP) is -4.94. The molecule has 19 N–H and O–H groups in total. The van der Waals surface area contributed by atoms with E-state index in [4.69, 9.17) is 51.4 Å². The van der Waals surface area contributed by atoms with Gasteiger partial charge in [0, 0.05) is 54.9 Å². The highest BCUT2D eigenvalue weighted by atomic mass is 19.1. The van der Waals surface area contributed by atoms with Crippen LogP contribution in [-0.4, -0.2) is 212 Å². The number of carbonyl (C=O) groups is 3. The number of hydrogen-bond donors (Lipinski definition) is 15. The Morgan fingerprint density at radius 2 is 1.63 bits per heavy atom. The molecule has 3 amide bonds. The van der Waals surface area contributed by atoms with Crippen molar-refractivity contribution in [1.82, 2.24) is 30.3 Å². The molecule has 7 rings (SSSR count). The number of benzene rings is 2. The van der Waals surface area contributed by atoms with Crippen molar-refractivity contribution in [3.05, 3.63) is 71.9 Å². The molecular weight excluding hydrogens is 994 g/mol. The van der Waals surface area contributed by atoms with Crippen molar-refractivity contribution in [2.75, 3.05) is 51.8 Å². The fourth-order valence-electron chi connectivity index (χ4n) is 9.03. The molecule has 27 nitrogen and oxygen atoms in total. The predicted molar refractivity (Wildman–Crippen MR) is 260 cm³/mol. The molecular formula is C47H66FN11O16. The maximum absolute atomic E-state index is 14.5. The first kappa shape index (κ1) is 57.1. The molecule has 4 aromatic rings.